The summed E-state index contributed by atoms with van der Waals surface area (Å²) in [7, 11) is 0. The van der Waals surface area contributed by atoms with Crippen molar-refractivity contribution in [2.75, 3.05) is 0 Å². The molecule has 29 heavy (non-hydrogen) atoms. The van der Waals surface area contributed by atoms with Crippen LogP contribution < -0.4 is 0 Å². The molecule has 2 aliphatic rings. The number of nitrogens with zero attached hydrogens (tertiary/aromatic N) is 1. The van der Waals surface area contributed by atoms with E-state index in [9.17, 15) is 8.78 Å². The molecule has 2 heterocycles. The lowest BCUT2D eigenvalue weighted by molar-refractivity contribution is -0.139. The normalized spacial score (nSPS) is 24.5. The number of nitrogens with one attached hydrogen (secondary N) is 1. The third-order valence-electron chi connectivity index (χ3n) is 6.41. The number of aryl methyl sites for hydroxylation is 1. The monoisotopic (exact) mass is 402 g/mol. The Labute approximate surface area is 166 Å². The molecule has 1 aliphatic carbocycles. The number of fused-ring (bicyclic) bond motifs is 3. The zero-order valence-electron chi connectivity index (χ0n) is 16.3. The molecule has 3 aromatic rings. The fourth-order valence-corrected chi connectivity index (χ4v) is 5.16. The van der Waals surface area contributed by atoms with Crippen LogP contribution in [0.1, 0.15) is 48.2 Å². The van der Waals surface area contributed by atoms with E-state index in [2.05, 4.69) is 4.98 Å². The van der Waals surface area contributed by atoms with Gasteiger partial charge in [-0.25, -0.2) is 17.6 Å². The highest BCUT2D eigenvalue weighted by atomic mass is 19.3. The third-order valence-corrected chi connectivity index (χ3v) is 6.41. The van der Waals surface area contributed by atoms with Crippen molar-refractivity contribution in [1.82, 2.24) is 9.88 Å². The average Bonchev–Trinajstić information content (AvgIpc) is 2.97. The highest BCUT2D eigenvalue weighted by Crippen LogP contribution is 2.49. The van der Waals surface area contributed by atoms with Crippen LogP contribution in [-0.2, 0) is 6.42 Å². The minimum absolute atomic E-state index is 0.0647. The minimum Gasteiger partial charge on any atom is -0.357 e. The summed E-state index contributed by atoms with van der Waals surface area (Å²) in [5, 5.41) is 1.02. The molecule has 0 amide bonds. The number of hydrogen-bond donors (Lipinski definition) is 1. The molecule has 0 spiro atoms. The fourth-order valence-electron chi connectivity index (χ4n) is 5.16. The molecule has 0 bridgehead atoms. The zero-order chi connectivity index (χ0) is 20.5. The summed E-state index contributed by atoms with van der Waals surface area (Å²) in [4.78, 5) is 5.24. The SMILES string of the molecule is Cc1cc(F)c([C@@H]2c3[nH]c4ccccc4c3C[C@@H](C)N2C2CC(F)(F)C2)c(F)c1. The number of aromatic nitrogens is 1. The van der Waals surface area contributed by atoms with Crippen molar-refractivity contribution in [1.29, 1.82) is 0 Å². The fraction of sp³-hybridized carbons (Fsp3) is 0.391. The van der Waals surface area contributed by atoms with Crippen LogP contribution in [0.3, 0.4) is 0 Å². The van der Waals surface area contributed by atoms with Crippen LogP contribution in [-0.4, -0.2) is 27.9 Å². The van der Waals surface area contributed by atoms with Crippen molar-refractivity contribution in [2.24, 2.45) is 0 Å². The highest BCUT2D eigenvalue weighted by Gasteiger charge is 2.52. The molecule has 1 aliphatic heterocycles. The second-order valence-corrected chi connectivity index (χ2v) is 8.53. The molecule has 1 saturated carbocycles. The van der Waals surface area contributed by atoms with Crippen LogP contribution in [0.15, 0.2) is 36.4 Å². The first kappa shape index (κ1) is 18.7. The number of halogens is 4. The number of aromatic amines is 1. The predicted octanol–water partition coefficient (Wildman–Crippen LogP) is 5.89. The Morgan fingerprint density at radius 2 is 1.72 bits per heavy atom. The number of hydrogen-bond acceptors (Lipinski definition) is 1. The summed E-state index contributed by atoms with van der Waals surface area (Å²) in [6.45, 7) is 3.59. The van der Waals surface area contributed by atoms with E-state index in [4.69, 9.17) is 0 Å². The lowest BCUT2D eigenvalue weighted by Gasteiger charge is -2.51. The maximum Gasteiger partial charge on any atom is 0.251 e. The van der Waals surface area contributed by atoms with Gasteiger partial charge in [0, 0.05) is 47.1 Å². The Morgan fingerprint density at radius 3 is 2.38 bits per heavy atom. The van der Waals surface area contributed by atoms with Gasteiger partial charge < -0.3 is 4.98 Å². The van der Waals surface area contributed by atoms with Gasteiger partial charge in [-0.05, 0) is 49.6 Å². The van der Waals surface area contributed by atoms with Crippen molar-refractivity contribution in [3.8, 4) is 0 Å². The number of alkyl halides is 2. The van der Waals surface area contributed by atoms with E-state index in [0.29, 0.717) is 17.7 Å². The maximum absolute atomic E-state index is 15.1. The molecule has 2 aromatic carbocycles. The second-order valence-electron chi connectivity index (χ2n) is 8.53. The molecule has 2 atom stereocenters. The third kappa shape index (κ3) is 2.88. The van der Waals surface area contributed by atoms with E-state index < -0.39 is 29.6 Å². The second kappa shape index (κ2) is 6.33. The average molecular weight is 402 g/mol. The number of benzene rings is 2. The highest BCUT2D eigenvalue weighted by molar-refractivity contribution is 5.85. The summed E-state index contributed by atoms with van der Waals surface area (Å²) in [5.41, 5.74) is 3.04. The summed E-state index contributed by atoms with van der Waals surface area (Å²) < 4.78 is 57.5. The van der Waals surface area contributed by atoms with Crippen LogP contribution >= 0.6 is 0 Å². The van der Waals surface area contributed by atoms with Gasteiger partial charge >= 0.3 is 0 Å². The van der Waals surface area contributed by atoms with E-state index in [1.165, 1.54) is 12.1 Å². The Balaban J connectivity index is 1.73. The predicted molar refractivity (Wildman–Crippen MR) is 104 cm³/mol. The van der Waals surface area contributed by atoms with Crippen molar-refractivity contribution in [3.05, 3.63) is 70.4 Å². The molecule has 1 N–H and O–H groups in total. The van der Waals surface area contributed by atoms with Crippen molar-refractivity contribution in [3.63, 3.8) is 0 Å². The van der Waals surface area contributed by atoms with Gasteiger partial charge in [0.05, 0.1) is 6.04 Å². The molecule has 2 nitrogen and oxygen atoms in total. The number of H-pyrrole nitrogens is 1. The van der Waals surface area contributed by atoms with Gasteiger partial charge in [0.25, 0.3) is 5.92 Å². The molecule has 0 saturated heterocycles. The van der Waals surface area contributed by atoms with E-state index in [0.717, 1.165) is 16.5 Å². The first-order chi connectivity index (χ1) is 13.7. The Kier molecular flexibility index (Phi) is 4.07. The molecule has 5 rings (SSSR count). The summed E-state index contributed by atoms with van der Waals surface area (Å²) in [6.07, 6.45) is 0.0873. The van der Waals surface area contributed by atoms with Crippen molar-refractivity contribution < 1.29 is 17.6 Å². The molecule has 6 heteroatoms. The zero-order valence-corrected chi connectivity index (χ0v) is 16.3. The van der Waals surface area contributed by atoms with Crippen LogP contribution in [0, 0.1) is 18.6 Å². The van der Waals surface area contributed by atoms with Gasteiger partial charge in [-0.1, -0.05) is 18.2 Å². The van der Waals surface area contributed by atoms with Gasteiger partial charge in [-0.3, -0.25) is 4.90 Å². The van der Waals surface area contributed by atoms with E-state index in [-0.39, 0.29) is 24.4 Å². The van der Waals surface area contributed by atoms with Crippen LogP contribution in [0.5, 0.6) is 0 Å². The minimum atomic E-state index is -2.71. The van der Waals surface area contributed by atoms with Crippen molar-refractivity contribution >= 4 is 10.9 Å². The van der Waals surface area contributed by atoms with E-state index in [1.807, 2.05) is 36.1 Å². The van der Waals surface area contributed by atoms with Gasteiger partial charge in [-0.2, -0.15) is 0 Å². The molecular weight excluding hydrogens is 380 g/mol. The van der Waals surface area contributed by atoms with Crippen molar-refractivity contribution in [2.45, 2.75) is 57.2 Å². The number of rotatable bonds is 2. The lowest BCUT2D eigenvalue weighted by atomic mass is 9.80. The van der Waals surface area contributed by atoms with Crippen LogP contribution in [0.25, 0.3) is 10.9 Å². The molecule has 1 aromatic heterocycles. The maximum atomic E-state index is 15.1. The Morgan fingerprint density at radius 1 is 1.07 bits per heavy atom. The van der Waals surface area contributed by atoms with Crippen LogP contribution in [0.4, 0.5) is 17.6 Å². The topological polar surface area (TPSA) is 19.0 Å². The largest absolute Gasteiger partial charge is 0.357 e. The quantitative estimate of drug-likeness (QED) is 0.530. The summed E-state index contributed by atoms with van der Waals surface area (Å²) in [5.74, 6) is -3.98. The molecule has 0 unspecified atom stereocenters. The Bertz CT molecular complexity index is 1070. The van der Waals surface area contributed by atoms with Gasteiger partial charge in [0.2, 0.25) is 0 Å². The lowest BCUT2D eigenvalue weighted by Crippen LogP contribution is -2.57. The molecule has 152 valence electrons. The van der Waals surface area contributed by atoms with Gasteiger partial charge in [0.15, 0.2) is 0 Å². The standard InChI is InChI=1S/C23H22F4N2/c1-12-7-17(24)20(18(25)8-12)22-21-16(15-5-3-4-6-19(15)28-21)9-13(2)29(22)14-10-23(26,27)11-14/h3-8,13-14,22,28H,9-11H2,1-2H3/t13-,22-/m1/s1. The van der Waals surface area contributed by atoms with Gasteiger partial charge in [-0.15, -0.1) is 0 Å². The van der Waals surface area contributed by atoms with Gasteiger partial charge in [0.1, 0.15) is 11.6 Å². The smallest absolute Gasteiger partial charge is 0.251 e. The van der Waals surface area contributed by atoms with E-state index in [1.54, 1.807) is 6.92 Å². The van der Waals surface area contributed by atoms with Crippen LogP contribution in [0.2, 0.25) is 0 Å². The molecular formula is C23H22F4N2. The Hall–Kier alpha value is -2.34. The van der Waals surface area contributed by atoms with E-state index >= 15 is 8.78 Å². The first-order valence-corrected chi connectivity index (χ1v) is 9.95. The summed E-state index contributed by atoms with van der Waals surface area (Å²) in [6, 6.07) is 9.09. The first-order valence-electron chi connectivity index (χ1n) is 9.95. The molecule has 1 fully saturated rings. The number of para-hydroxylation sites is 1. The molecule has 0 radical (unpaired) electrons. The summed E-state index contributed by atoms with van der Waals surface area (Å²) >= 11 is 0.